The van der Waals surface area contributed by atoms with E-state index < -0.39 is 34.5 Å². The number of rotatable bonds is 8. The Hall–Kier alpha value is -2.91. The maximum absolute atomic E-state index is 12.2. The van der Waals surface area contributed by atoms with Gasteiger partial charge in [0.05, 0.1) is 12.0 Å². The van der Waals surface area contributed by atoms with Gasteiger partial charge in [-0.2, -0.15) is 4.72 Å². The summed E-state index contributed by atoms with van der Waals surface area (Å²) in [6.07, 6.45) is -1.11. The molecular weight excluding hydrogens is 384 g/mol. The second-order valence-electron chi connectivity index (χ2n) is 5.99. The zero-order valence-corrected chi connectivity index (χ0v) is 16.6. The van der Waals surface area contributed by atoms with E-state index in [0.717, 1.165) is 5.56 Å². The minimum atomic E-state index is -3.85. The quantitative estimate of drug-likeness (QED) is 0.648. The molecule has 150 valence electrons. The first kappa shape index (κ1) is 21.4. The van der Waals surface area contributed by atoms with Gasteiger partial charge in [0.15, 0.2) is 6.10 Å². The lowest BCUT2D eigenvalue weighted by Gasteiger charge is -2.14. The number of hydrogen-bond donors (Lipinski definition) is 2. The first-order valence-corrected chi connectivity index (χ1v) is 9.90. The van der Waals surface area contributed by atoms with Crippen LogP contribution < -0.4 is 14.8 Å². The summed E-state index contributed by atoms with van der Waals surface area (Å²) in [5.74, 6) is -0.861. The number of ether oxygens (including phenoxy) is 2. The molecule has 2 N–H and O–H groups in total. The van der Waals surface area contributed by atoms with Crippen molar-refractivity contribution in [3.05, 3.63) is 54.1 Å². The van der Waals surface area contributed by atoms with E-state index in [9.17, 15) is 18.0 Å². The van der Waals surface area contributed by atoms with Crippen LogP contribution in [0.15, 0.2) is 53.4 Å². The number of benzene rings is 2. The van der Waals surface area contributed by atoms with Gasteiger partial charge in [-0.3, -0.25) is 9.59 Å². The smallest absolute Gasteiger partial charge is 0.321 e. The maximum Gasteiger partial charge on any atom is 0.321 e. The number of hydrogen-bond acceptors (Lipinski definition) is 6. The van der Waals surface area contributed by atoms with Gasteiger partial charge in [-0.25, -0.2) is 8.42 Å². The Morgan fingerprint density at radius 2 is 1.79 bits per heavy atom. The fourth-order valence-electron chi connectivity index (χ4n) is 2.19. The Bertz CT molecular complexity index is 941. The third-order valence-electron chi connectivity index (χ3n) is 3.75. The summed E-state index contributed by atoms with van der Waals surface area (Å²) in [7, 11) is -2.35. The molecule has 8 nitrogen and oxygen atoms in total. The van der Waals surface area contributed by atoms with Crippen LogP contribution in [0.3, 0.4) is 0 Å². The van der Waals surface area contributed by atoms with Crippen LogP contribution >= 0.6 is 0 Å². The Morgan fingerprint density at radius 3 is 2.43 bits per heavy atom. The second-order valence-corrected chi connectivity index (χ2v) is 7.76. The number of aryl methyl sites for hydroxylation is 1. The highest BCUT2D eigenvalue weighted by molar-refractivity contribution is 7.89. The highest BCUT2D eigenvalue weighted by Gasteiger charge is 2.20. The Morgan fingerprint density at radius 1 is 1.11 bits per heavy atom. The van der Waals surface area contributed by atoms with Gasteiger partial charge in [-0.05, 0) is 38.1 Å². The highest BCUT2D eigenvalue weighted by atomic mass is 32.2. The average molecular weight is 406 g/mol. The summed E-state index contributed by atoms with van der Waals surface area (Å²) in [4.78, 5) is 24.1. The van der Waals surface area contributed by atoms with Crippen LogP contribution in [-0.4, -0.2) is 40.1 Å². The zero-order chi connectivity index (χ0) is 20.7. The van der Waals surface area contributed by atoms with E-state index in [2.05, 4.69) is 10.0 Å². The zero-order valence-electron chi connectivity index (χ0n) is 15.8. The predicted molar refractivity (Wildman–Crippen MR) is 104 cm³/mol. The molecule has 2 aromatic carbocycles. The number of nitrogens with one attached hydrogen (secondary N) is 2. The highest BCUT2D eigenvalue weighted by Crippen LogP contribution is 2.17. The van der Waals surface area contributed by atoms with Crippen LogP contribution in [-0.2, 0) is 24.3 Å². The molecule has 2 aromatic rings. The lowest BCUT2D eigenvalue weighted by atomic mass is 10.2. The third-order valence-corrected chi connectivity index (χ3v) is 5.17. The fourth-order valence-corrected chi connectivity index (χ4v) is 3.16. The first-order valence-electron chi connectivity index (χ1n) is 8.42. The van der Waals surface area contributed by atoms with Crippen LogP contribution in [0.4, 0.5) is 5.69 Å². The van der Waals surface area contributed by atoms with Gasteiger partial charge in [-0.15, -0.1) is 0 Å². The predicted octanol–water partition coefficient (Wildman–Crippen LogP) is 1.85. The minimum Gasteiger partial charge on any atom is -0.497 e. The molecule has 1 atom stereocenters. The number of esters is 1. The molecule has 0 saturated carbocycles. The van der Waals surface area contributed by atoms with E-state index in [4.69, 9.17) is 9.47 Å². The molecule has 0 aliphatic rings. The van der Waals surface area contributed by atoms with Crippen LogP contribution in [0.25, 0.3) is 0 Å². The molecule has 0 heterocycles. The molecule has 0 aliphatic heterocycles. The third kappa shape index (κ3) is 6.07. The van der Waals surface area contributed by atoms with Crippen molar-refractivity contribution in [3.63, 3.8) is 0 Å². The molecule has 0 saturated heterocycles. The van der Waals surface area contributed by atoms with Gasteiger partial charge in [0, 0.05) is 11.8 Å². The molecule has 0 fully saturated rings. The van der Waals surface area contributed by atoms with Gasteiger partial charge in [0.1, 0.15) is 12.3 Å². The summed E-state index contributed by atoms with van der Waals surface area (Å²) < 4.78 is 36.5. The van der Waals surface area contributed by atoms with Gasteiger partial charge in [0.2, 0.25) is 10.0 Å². The van der Waals surface area contributed by atoms with E-state index >= 15 is 0 Å². The van der Waals surface area contributed by atoms with E-state index in [0.29, 0.717) is 11.4 Å². The fraction of sp³-hybridized carbons (Fsp3) is 0.263. The molecule has 0 aliphatic carbocycles. The number of carbonyl (C=O) groups is 2. The van der Waals surface area contributed by atoms with Gasteiger partial charge < -0.3 is 14.8 Å². The average Bonchev–Trinajstić information content (AvgIpc) is 2.67. The lowest BCUT2D eigenvalue weighted by Crippen LogP contribution is -2.35. The topological polar surface area (TPSA) is 111 Å². The number of carbonyl (C=O) groups excluding carboxylic acids is 2. The normalized spacial score (nSPS) is 12.1. The number of sulfonamides is 1. The Labute approximate surface area is 163 Å². The molecule has 0 bridgehead atoms. The SMILES string of the molecule is COc1cccc(NC(=O)[C@H](C)OC(=O)CNS(=O)(=O)c2ccc(C)cc2)c1. The largest absolute Gasteiger partial charge is 0.497 e. The van der Waals surface area contributed by atoms with Crippen molar-refractivity contribution in [1.29, 1.82) is 0 Å². The second kappa shape index (κ2) is 9.34. The molecular formula is C19H22N2O6S. The van der Waals surface area contributed by atoms with E-state index in [1.165, 1.54) is 26.2 Å². The number of methoxy groups -OCH3 is 1. The summed E-state index contributed by atoms with van der Waals surface area (Å²) in [5, 5.41) is 2.59. The number of amides is 1. The molecule has 2 rings (SSSR count). The van der Waals surface area contributed by atoms with Crippen molar-refractivity contribution in [2.24, 2.45) is 0 Å². The first-order chi connectivity index (χ1) is 13.2. The molecule has 0 spiro atoms. The number of anilines is 1. The van der Waals surface area contributed by atoms with Gasteiger partial charge in [-0.1, -0.05) is 23.8 Å². The summed E-state index contributed by atoms with van der Waals surface area (Å²) in [5.41, 5.74) is 1.39. The summed E-state index contributed by atoms with van der Waals surface area (Å²) in [6.45, 7) is 2.63. The maximum atomic E-state index is 12.2. The summed E-state index contributed by atoms with van der Waals surface area (Å²) in [6, 6.07) is 12.9. The molecule has 28 heavy (non-hydrogen) atoms. The van der Waals surface area contributed by atoms with Crippen molar-refractivity contribution in [3.8, 4) is 5.75 Å². The van der Waals surface area contributed by atoms with Crippen molar-refractivity contribution >= 4 is 27.6 Å². The molecule has 0 unspecified atom stereocenters. The van der Waals surface area contributed by atoms with E-state index in [1.807, 2.05) is 6.92 Å². The van der Waals surface area contributed by atoms with Crippen molar-refractivity contribution in [1.82, 2.24) is 4.72 Å². The van der Waals surface area contributed by atoms with E-state index in [1.54, 1.807) is 36.4 Å². The van der Waals surface area contributed by atoms with Crippen molar-refractivity contribution in [2.75, 3.05) is 19.0 Å². The molecule has 0 radical (unpaired) electrons. The minimum absolute atomic E-state index is 0.0368. The van der Waals surface area contributed by atoms with Crippen LogP contribution in [0.1, 0.15) is 12.5 Å². The molecule has 1 amide bonds. The standard InChI is InChI=1S/C19H22N2O6S/c1-13-7-9-17(10-8-13)28(24,25)20-12-18(22)27-14(2)19(23)21-15-5-4-6-16(11-15)26-3/h4-11,14,20H,12H2,1-3H3,(H,21,23)/t14-/m0/s1. The van der Waals surface area contributed by atoms with Gasteiger partial charge >= 0.3 is 5.97 Å². The monoisotopic (exact) mass is 406 g/mol. The van der Waals surface area contributed by atoms with Crippen LogP contribution in [0, 0.1) is 6.92 Å². The Kier molecular flexibility index (Phi) is 7.13. The lowest BCUT2D eigenvalue weighted by molar-refractivity contribution is -0.151. The summed E-state index contributed by atoms with van der Waals surface area (Å²) >= 11 is 0. The van der Waals surface area contributed by atoms with Crippen LogP contribution in [0.2, 0.25) is 0 Å². The van der Waals surface area contributed by atoms with E-state index in [-0.39, 0.29) is 4.90 Å². The molecule has 9 heteroatoms. The van der Waals surface area contributed by atoms with Crippen molar-refractivity contribution in [2.45, 2.75) is 24.8 Å². The molecule has 0 aromatic heterocycles. The van der Waals surface area contributed by atoms with Gasteiger partial charge in [0.25, 0.3) is 5.91 Å². The Balaban J connectivity index is 1.87. The van der Waals surface area contributed by atoms with Crippen LogP contribution in [0.5, 0.6) is 5.75 Å². The van der Waals surface area contributed by atoms with Crippen molar-refractivity contribution < 1.29 is 27.5 Å².